The van der Waals surface area contributed by atoms with Crippen LogP contribution in [0.5, 0.6) is 11.5 Å². The molecule has 2 N–H and O–H groups in total. The van der Waals surface area contributed by atoms with Gasteiger partial charge in [-0.05, 0) is 24.3 Å². The van der Waals surface area contributed by atoms with Crippen molar-refractivity contribution in [1.82, 2.24) is 0 Å². The van der Waals surface area contributed by atoms with Crippen LogP contribution < -0.4 is 5.63 Å². The predicted octanol–water partition coefficient (Wildman–Crippen LogP) is 3.66. The Morgan fingerprint density at radius 2 is 1.47 bits per heavy atom. The summed E-state index contributed by atoms with van der Waals surface area (Å²) < 4.78 is 5.08. The average molecular weight is 297 g/mol. The molecule has 0 aliphatic carbocycles. The molecule has 0 saturated carbocycles. The molecule has 0 unspecified atom stereocenters. The van der Waals surface area contributed by atoms with Gasteiger partial charge in [-0.25, -0.2) is 4.79 Å². The second-order valence-electron chi connectivity index (χ2n) is 3.99. The molecule has 1 heterocycles. The Balaban J connectivity index is 2.67. The lowest BCUT2D eigenvalue weighted by Gasteiger charge is -2.07. The van der Waals surface area contributed by atoms with E-state index in [1.54, 1.807) is 12.1 Å². The Morgan fingerprint density at radius 3 is 2.16 bits per heavy atom. The molecule has 0 aliphatic rings. The van der Waals surface area contributed by atoms with Crippen LogP contribution in [0.3, 0.4) is 0 Å². The number of fused-ring (bicyclic) bond motifs is 3. The van der Waals surface area contributed by atoms with Crippen LogP contribution >= 0.6 is 23.2 Å². The number of halogens is 2. The number of rotatable bonds is 0. The molecule has 0 bridgehead atoms. The molecule has 1 aromatic heterocycles. The van der Waals surface area contributed by atoms with Gasteiger partial charge in [0.15, 0.2) is 5.58 Å². The van der Waals surface area contributed by atoms with Crippen molar-refractivity contribution in [3.05, 3.63) is 44.7 Å². The highest BCUT2D eigenvalue weighted by Gasteiger charge is 2.16. The second kappa shape index (κ2) is 4.05. The average Bonchev–Trinajstić information content (AvgIpc) is 2.38. The molecule has 3 rings (SSSR count). The van der Waals surface area contributed by atoms with E-state index < -0.39 is 5.63 Å². The third-order valence-corrected chi connectivity index (χ3v) is 3.64. The van der Waals surface area contributed by atoms with Gasteiger partial charge in [-0.15, -0.1) is 0 Å². The summed E-state index contributed by atoms with van der Waals surface area (Å²) in [5.41, 5.74) is -0.642. The van der Waals surface area contributed by atoms with Crippen molar-refractivity contribution in [2.75, 3.05) is 0 Å². The lowest BCUT2D eigenvalue weighted by atomic mass is 10.1. The maximum Gasteiger partial charge on any atom is 0.345 e. The monoisotopic (exact) mass is 296 g/mol. The number of hydrogen-bond acceptors (Lipinski definition) is 4. The lowest BCUT2D eigenvalue weighted by Crippen LogP contribution is -2.01. The molecule has 2 aromatic carbocycles. The Hall–Kier alpha value is -1.91. The molecule has 0 spiro atoms. The summed E-state index contributed by atoms with van der Waals surface area (Å²) in [6.07, 6.45) is 0. The van der Waals surface area contributed by atoms with E-state index in [0.29, 0.717) is 10.8 Å². The predicted molar refractivity (Wildman–Crippen MR) is 73.3 cm³/mol. The Morgan fingerprint density at radius 1 is 0.895 bits per heavy atom. The molecule has 4 nitrogen and oxygen atoms in total. The molecule has 0 aliphatic heterocycles. The third kappa shape index (κ3) is 1.64. The van der Waals surface area contributed by atoms with Crippen LogP contribution in [0.4, 0.5) is 0 Å². The number of aromatic hydroxyl groups is 2. The lowest BCUT2D eigenvalue weighted by molar-refractivity contribution is 0.472. The van der Waals surface area contributed by atoms with E-state index in [9.17, 15) is 15.0 Å². The minimum Gasteiger partial charge on any atom is -0.506 e. The van der Waals surface area contributed by atoms with Crippen LogP contribution in [0.1, 0.15) is 0 Å². The molecule has 0 atom stereocenters. The van der Waals surface area contributed by atoms with Gasteiger partial charge in [0.2, 0.25) is 0 Å². The zero-order valence-electron chi connectivity index (χ0n) is 9.28. The van der Waals surface area contributed by atoms with Crippen molar-refractivity contribution in [2.24, 2.45) is 0 Å². The van der Waals surface area contributed by atoms with Gasteiger partial charge in [-0.3, -0.25) is 0 Å². The zero-order chi connectivity index (χ0) is 13.7. The summed E-state index contributed by atoms with van der Waals surface area (Å²) >= 11 is 11.8. The van der Waals surface area contributed by atoms with E-state index in [1.165, 1.54) is 12.1 Å². The number of benzene rings is 2. The first-order valence-electron chi connectivity index (χ1n) is 5.26. The molecular weight excluding hydrogens is 291 g/mol. The fraction of sp³-hybridized carbons (Fsp3) is 0. The van der Waals surface area contributed by atoms with Crippen molar-refractivity contribution in [1.29, 1.82) is 0 Å². The van der Waals surface area contributed by atoms with Crippen LogP contribution in [0.15, 0.2) is 33.5 Å². The van der Waals surface area contributed by atoms with Crippen LogP contribution in [-0.4, -0.2) is 10.2 Å². The maximum absolute atomic E-state index is 11.9. The fourth-order valence-corrected chi connectivity index (χ4v) is 2.44. The van der Waals surface area contributed by atoms with Crippen LogP contribution in [0.25, 0.3) is 21.7 Å². The highest BCUT2D eigenvalue weighted by molar-refractivity contribution is 6.39. The number of phenolic OH excluding ortho intramolecular Hbond substituents is 2. The van der Waals surface area contributed by atoms with Gasteiger partial charge in [-0.2, -0.15) is 0 Å². The van der Waals surface area contributed by atoms with Crippen LogP contribution in [-0.2, 0) is 0 Å². The first-order valence-corrected chi connectivity index (χ1v) is 6.01. The molecule has 6 heteroatoms. The van der Waals surface area contributed by atoms with Gasteiger partial charge in [0.25, 0.3) is 0 Å². The Labute approximate surface area is 116 Å². The minimum absolute atomic E-state index is 0.0410. The highest BCUT2D eigenvalue weighted by atomic mass is 35.5. The molecule has 0 fully saturated rings. The summed E-state index contributed by atoms with van der Waals surface area (Å²) in [4.78, 5) is 11.9. The van der Waals surface area contributed by atoms with Gasteiger partial charge in [0.05, 0.1) is 10.4 Å². The van der Waals surface area contributed by atoms with Crippen molar-refractivity contribution >= 4 is 44.9 Å². The zero-order valence-corrected chi connectivity index (χ0v) is 10.8. The van der Waals surface area contributed by atoms with E-state index in [1.807, 2.05) is 0 Å². The maximum atomic E-state index is 11.9. The summed E-state index contributed by atoms with van der Waals surface area (Å²) in [5, 5.41) is 20.0. The molecular formula is C13H6Cl2O4. The fourth-order valence-electron chi connectivity index (χ4n) is 1.99. The van der Waals surface area contributed by atoms with Crippen molar-refractivity contribution in [3.63, 3.8) is 0 Å². The normalized spacial score (nSPS) is 11.3. The summed E-state index contributed by atoms with van der Waals surface area (Å²) in [6, 6.07) is 5.88. The summed E-state index contributed by atoms with van der Waals surface area (Å²) in [5.74, 6) is -0.382. The van der Waals surface area contributed by atoms with Crippen LogP contribution in [0, 0.1) is 0 Å². The van der Waals surface area contributed by atoms with Gasteiger partial charge >= 0.3 is 5.63 Å². The van der Waals surface area contributed by atoms with Crippen molar-refractivity contribution in [3.8, 4) is 11.5 Å². The Kier molecular flexibility index (Phi) is 2.59. The minimum atomic E-state index is -0.726. The van der Waals surface area contributed by atoms with Gasteiger partial charge in [0, 0.05) is 10.8 Å². The molecule has 0 amide bonds. The first-order chi connectivity index (χ1) is 9.00. The molecule has 19 heavy (non-hydrogen) atoms. The van der Waals surface area contributed by atoms with Crippen molar-refractivity contribution < 1.29 is 14.6 Å². The first kappa shape index (κ1) is 12.1. The molecule has 0 saturated heterocycles. The standard InChI is InChI=1S/C13H6Cl2O4/c14-10-7(16)3-1-5-6-2-4-8(17)11(15)12(6)19-13(18)9(5)10/h1-4,16-17H. The van der Waals surface area contributed by atoms with Crippen LogP contribution in [0.2, 0.25) is 10.0 Å². The summed E-state index contributed by atoms with van der Waals surface area (Å²) in [7, 11) is 0. The van der Waals surface area contributed by atoms with E-state index >= 15 is 0 Å². The molecule has 96 valence electrons. The quantitative estimate of drug-likeness (QED) is 0.490. The SMILES string of the molecule is O=c1oc2c(Cl)c(O)ccc2c2ccc(O)c(Cl)c12. The van der Waals surface area contributed by atoms with Gasteiger partial charge in [0.1, 0.15) is 16.5 Å². The molecule has 3 aromatic rings. The molecule has 0 radical (unpaired) electrons. The largest absolute Gasteiger partial charge is 0.506 e. The number of phenols is 2. The van der Waals surface area contributed by atoms with E-state index in [0.717, 1.165) is 0 Å². The third-order valence-electron chi connectivity index (χ3n) is 2.89. The van der Waals surface area contributed by atoms with Crippen molar-refractivity contribution in [2.45, 2.75) is 0 Å². The van der Waals surface area contributed by atoms with Gasteiger partial charge in [-0.1, -0.05) is 23.2 Å². The second-order valence-corrected chi connectivity index (χ2v) is 4.74. The van der Waals surface area contributed by atoms with Gasteiger partial charge < -0.3 is 14.6 Å². The van der Waals surface area contributed by atoms with E-state index in [-0.39, 0.29) is 32.5 Å². The van der Waals surface area contributed by atoms with E-state index in [2.05, 4.69) is 0 Å². The topological polar surface area (TPSA) is 70.7 Å². The smallest absolute Gasteiger partial charge is 0.345 e. The Bertz CT molecular complexity index is 883. The van der Waals surface area contributed by atoms with E-state index in [4.69, 9.17) is 27.6 Å². The highest BCUT2D eigenvalue weighted by Crippen LogP contribution is 2.37. The summed E-state index contributed by atoms with van der Waals surface area (Å²) in [6.45, 7) is 0. The number of hydrogen-bond donors (Lipinski definition) is 2.